The molecule has 0 aliphatic rings. The van der Waals surface area contributed by atoms with Gasteiger partial charge in [0.05, 0.1) is 22.0 Å². The molecule has 0 aliphatic carbocycles. The fraction of sp³-hybridized carbons (Fsp3) is 0.238. The highest BCUT2D eigenvalue weighted by atomic mass is 32.1. The summed E-state index contributed by atoms with van der Waals surface area (Å²) in [6, 6.07) is 13.9. The Hall–Kier alpha value is -2.64. The highest BCUT2D eigenvalue weighted by molar-refractivity contribution is 7.14. The molecule has 0 saturated heterocycles. The number of thiazole rings is 1. The molecule has 3 aromatic heterocycles. The Morgan fingerprint density at radius 3 is 2.54 bits per heavy atom. The average molecular weight is 411 g/mol. The number of hydrogen-bond donors (Lipinski definition) is 0. The Morgan fingerprint density at radius 2 is 1.86 bits per heavy atom. The number of benzene rings is 1. The van der Waals surface area contributed by atoms with E-state index in [9.17, 15) is 4.79 Å². The maximum absolute atomic E-state index is 13.2. The molecule has 144 valence electrons. The molecule has 7 heteroatoms. The van der Waals surface area contributed by atoms with Crippen molar-refractivity contribution in [2.45, 2.75) is 26.8 Å². The molecule has 4 rings (SSSR count). The first-order valence-corrected chi connectivity index (χ1v) is 11.0. The molecule has 0 fully saturated rings. The lowest BCUT2D eigenvalue weighted by Crippen LogP contribution is -2.20. The Morgan fingerprint density at radius 1 is 1.07 bits per heavy atom. The van der Waals surface area contributed by atoms with Crippen LogP contribution in [0.15, 0.2) is 63.0 Å². The molecular formula is C21H22N4OS2. The van der Waals surface area contributed by atoms with Gasteiger partial charge in [-0.15, -0.1) is 22.7 Å². The Bertz CT molecular complexity index is 1210. The van der Waals surface area contributed by atoms with Crippen molar-refractivity contribution in [2.75, 3.05) is 0 Å². The molecule has 0 N–H and O–H groups in total. The van der Waals surface area contributed by atoms with Crippen molar-refractivity contribution in [3.05, 3.63) is 74.1 Å². The zero-order chi connectivity index (χ0) is 19.7. The summed E-state index contributed by atoms with van der Waals surface area (Å²) in [4.78, 5) is 20.1. The van der Waals surface area contributed by atoms with E-state index in [1.807, 2.05) is 49.0 Å². The van der Waals surface area contributed by atoms with Gasteiger partial charge in [-0.2, -0.15) is 0 Å². The maximum atomic E-state index is 13.2. The quantitative estimate of drug-likeness (QED) is 0.470. The molecular weight excluding hydrogens is 388 g/mol. The van der Waals surface area contributed by atoms with Crippen LogP contribution in [0.1, 0.15) is 19.0 Å². The van der Waals surface area contributed by atoms with Gasteiger partial charge in [0, 0.05) is 19.0 Å². The minimum atomic E-state index is -0.0969. The van der Waals surface area contributed by atoms with Gasteiger partial charge in [0.2, 0.25) is 0 Å². The van der Waals surface area contributed by atoms with Gasteiger partial charge < -0.3 is 4.57 Å². The van der Waals surface area contributed by atoms with Crippen molar-refractivity contribution < 1.29 is 0 Å². The minimum absolute atomic E-state index is 0.0969. The van der Waals surface area contributed by atoms with Gasteiger partial charge in [-0.05, 0) is 36.9 Å². The van der Waals surface area contributed by atoms with Gasteiger partial charge in [-0.1, -0.05) is 31.2 Å². The maximum Gasteiger partial charge on any atom is 0.297 e. The summed E-state index contributed by atoms with van der Waals surface area (Å²) >= 11 is 3.30. The van der Waals surface area contributed by atoms with Gasteiger partial charge in [0.25, 0.3) is 5.56 Å². The molecule has 0 spiro atoms. The van der Waals surface area contributed by atoms with Crippen LogP contribution in [0.5, 0.6) is 0 Å². The number of aromatic nitrogens is 3. The SMILES string of the molecule is CCCn1c(-c2cccs2)csc1=Nc1c(C)n(C)n(-c2ccccc2)c1=O. The van der Waals surface area contributed by atoms with E-state index in [4.69, 9.17) is 4.99 Å². The molecule has 5 nitrogen and oxygen atoms in total. The number of para-hydroxylation sites is 1. The Balaban J connectivity index is 1.90. The van der Waals surface area contributed by atoms with Crippen LogP contribution in [-0.4, -0.2) is 13.9 Å². The monoisotopic (exact) mass is 410 g/mol. The third-order valence-corrected chi connectivity index (χ3v) is 6.51. The first kappa shape index (κ1) is 18.7. The second kappa shape index (κ2) is 7.77. The lowest BCUT2D eigenvalue weighted by atomic mass is 10.3. The lowest BCUT2D eigenvalue weighted by Gasteiger charge is -2.07. The minimum Gasteiger partial charge on any atom is -0.316 e. The fourth-order valence-corrected chi connectivity index (χ4v) is 5.02. The molecule has 28 heavy (non-hydrogen) atoms. The van der Waals surface area contributed by atoms with Gasteiger partial charge in [0.15, 0.2) is 10.5 Å². The predicted octanol–water partition coefficient (Wildman–Crippen LogP) is 4.72. The summed E-state index contributed by atoms with van der Waals surface area (Å²) in [5, 5.41) is 4.22. The van der Waals surface area contributed by atoms with Crippen LogP contribution >= 0.6 is 22.7 Å². The molecule has 0 bridgehead atoms. The van der Waals surface area contributed by atoms with Gasteiger partial charge in [0.1, 0.15) is 0 Å². The highest BCUT2D eigenvalue weighted by Gasteiger charge is 2.16. The number of thiophene rings is 1. The van der Waals surface area contributed by atoms with Crippen LogP contribution in [0, 0.1) is 6.92 Å². The van der Waals surface area contributed by atoms with Gasteiger partial charge >= 0.3 is 0 Å². The van der Waals surface area contributed by atoms with Crippen molar-refractivity contribution in [1.82, 2.24) is 13.9 Å². The summed E-state index contributed by atoms with van der Waals surface area (Å²) in [6.45, 7) is 4.97. The summed E-state index contributed by atoms with van der Waals surface area (Å²) in [6.07, 6.45) is 1.00. The number of rotatable bonds is 5. The molecule has 1 aromatic carbocycles. The molecule has 4 aromatic rings. The van der Waals surface area contributed by atoms with Crippen LogP contribution in [0.3, 0.4) is 0 Å². The first-order valence-electron chi connectivity index (χ1n) is 9.22. The zero-order valence-corrected chi connectivity index (χ0v) is 17.8. The standard InChI is InChI=1S/C21H22N4OS2/c1-4-12-24-17(18-11-8-13-27-18)14-28-21(24)22-19-15(2)23(3)25(20(19)26)16-9-6-5-7-10-16/h5-11,13-14H,4,12H2,1-3H3. The van der Waals surface area contributed by atoms with E-state index in [1.165, 1.54) is 4.88 Å². The van der Waals surface area contributed by atoms with Crippen LogP contribution < -0.4 is 10.4 Å². The topological polar surface area (TPSA) is 44.2 Å². The van der Waals surface area contributed by atoms with E-state index in [0.29, 0.717) is 5.69 Å². The van der Waals surface area contributed by atoms with E-state index < -0.39 is 0 Å². The predicted molar refractivity (Wildman–Crippen MR) is 117 cm³/mol. The second-order valence-electron chi connectivity index (χ2n) is 6.55. The smallest absolute Gasteiger partial charge is 0.297 e. The lowest BCUT2D eigenvalue weighted by molar-refractivity contribution is 0.630. The van der Waals surface area contributed by atoms with Crippen LogP contribution in [0.4, 0.5) is 5.69 Å². The van der Waals surface area contributed by atoms with Crippen molar-refractivity contribution >= 4 is 28.4 Å². The van der Waals surface area contributed by atoms with Crippen LogP contribution in [0.2, 0.25) is 0 Å². The molecule has 0 unspecified atom stereocenters. The molecule has 0 aliphatic heterocycles. The van der Waals surface area contributed by atoms with E-state index in [1.54, 1.807) is 27.4 Å². The molecule has 0 amide bonds. The normalized spacial score (nSPS) is 12.0. The highest BCUT2D eigenvalue weighted by Crippen LogP contribution is 2.26. The molecule has 0 radical (unpaired) electrons. The summed E-state index contributed by atoms with van der Waals surface area (Å²) in [5.74, 6) is 0. The van der Waals surface area contributed by atoms with Crippen molar-refractivity contribution in [3.8, 4) is 16.3 Å². The molecule has 0 atom stereocenters. The number of nitrogens with zero attached hydrogens (tertiary/aromatic N) is 4. The molecule has 3 heterocycles. The van der Waals surface area contributed by atoms with Crippen molar-refractivity contribution in [2.24, 2.45) is 12.0 Å². The summed E-state index contributed by atoms with van der Waals surface area (Å²) in [7, 11) is 1.90. The summed E-state index contributed by atoms with van der Waals surface area (Å²) in [5.41, 5.74) is 3.25. The number of hydrogen-bond acceptors (Lipinski definition) is 4. The van der Waals surface area contributed by atoms with Crippen LogP contribution in [0.25, 0.3) is 16.3 Å². The van der Waals surface area contributed by atoms with Crippen LogP contribution in [-0.2, 0) is 13.6 Å². The third-order valence-electron chi connectivity index (χ3n) is 4.75. The second-order valence-corrected chi connectivity index (χ2v) is 8.34. The largest absolute Gasteiger partial charge is 0.316 e. The van der Waals surface area contributed by atoms with Crippen molar-refractivity contribution in [1.29, 1.82) is 0 Å². The van der Waals surface area contributed by atoms with E-state index >= 15 is 0 Å². The average Bonchev–Trinajstić information content (AvgIpc) is 3.40. The van der Waals surface area contributed by atoms with E-state index in [2.05, 4.69) is 34.4 Å². The van der Waals surface area contributed by atoms with E-state index in [0.717, 1.165) is 34.8 Å². The van der Waals surface area contributed by atoms with Gasteiger partial charge in [-0.25, -0.2) is 9.67 Å². The third kappa shape index (κ3) is 3.21. The Kier molecular flexibility index (Phi) is 5.19. The fourth-order valence-electron chi connectivity index (χ4n) is 3.26. The first-order chi connectivity index (χ1) is 13.6. The summed E-state index contributed by atoms with van der Waals surface area (Å²) < 4.78 is 5.76. The Labute approximate surface area is 171 Å². The van der Waals surface area contributed by atoms with Gasteiger partial charge in [-0.3, -0.25) is 9.48 Å². The molecule has 0 saturated carbocycles. The zero-order valence-electron chi connectivity index (χ0n) is 16.1. The van der Waals surface area contributed by atoms with Crippen molar-refractivity contribution in [3.63, 3.8) is 0 Å². The van der Waals surface area contributed by atoms with E-state index in [-0.39, 0.29) is 5.56 Å².